The summed E-state index contributed by atoms with van der Waals surface area (Å²) < 4.78 is 4.57. The van der Waals surface area contributed by atoms with Crippen molar-refractivity contribution >= 4 is 17.7 Å². The predicted molar refractivity (Wildman–Crippen MR) is 49.4 cm³/mol. The third-order valence-electron chi connectivity index (χ3n) is 1.36. The summed E-state index contributed by atoms with van der Waals surface area (Å²) in [5.41, 5.74) is 0. The minimum atomic E-state index is -0.271. The highest BCUT2D eigenvalue weighted by Crippen LogP contribution is 2.18. The van der Waals surface area contributed by atoms with Crippen molar-refractivity contribution in [2.24, 2.45) is 0 Å². The molecule has 0 radical (unpaired) electrons. The Bertz CT molecular complexity index is 279. The van der Waals surface area contributed by atoms with Gasteiger partial charge >= 0.3 is 5.97 Å². The molecular weight excluding hydrogens is 188 g/mol. The molecule has 0 saturated heterocycles. The van der Waals surface area contributed by atoms with Gasteiger partial charge in [0.25, 0.3) is 0 Å². The van der Waals surface area contributed by atoms with Gasteiger partial charge in [-0.05, 0) is 13.0 Å². The van der Waals surface area contributed by atoms with Crippen LogP contribution < -0.4 is 0 Å². The highest BCUT2D eigenvalue weighted by Gasteiger charge is 2.15. The number of ether oxygens (including phenoxy) is 1. The van der Waals surface area contributed by atoms with Crippen molar-refractivity contribution in [2.45, 2.75) is 17.3 Å². The summed E-state index contributed by atoms with van der Waals surface area (Å²) in [6.07, 6.45) is 3.28. The summed E-state index contributed by atoms with van der Waals surface area (Å²) in [5.74, 6) is -0.266. The van der Waals surface area contributed by atoms with Crippen LogP contribution in [0.3, 0.4) is 0 Å². The first-order chi connectivity index (χ1) is 6.24. The maximum absolute atomic E-state index is 11.0. The maximum atomic E-state index is 11.0. The molecule has 4 nitrogen and oxygen atoms in total. The number of nitrogens with zero attached hydrogens (tertiary/aromatic N) is 2. The SMILES string of the molecule is COC(=O)C(C)Sc1ncccn1. The Morgan fingerprint density at radius 3 is 2.69 bits per heavy atom. The minimum Gasteiger partial charge on any atom is -0.468 e. The Balaban J connectivity index is 2.55. The van der Waals surface area contributed by atoms with Gasteiger partial charge < -0.3 is 4.74 Å². The van der Waals surface area contributed by atoms with Gasteiger partial charge in [0.2, 0.25) is 0 Å². The van der Waals surface area contributed by atoms with E-state index in [9.17, 15) is 4.79 Å². The van der Waals surface area contributed by atoms with Gasteiger partial charge in [0, 0.05) is 12.4 Å². The second-order valence-corrected chi connectivity index (χ2v) is 3.62. The Morgan fingerprint density at radius 1 is 1.54 bits per heavy atom. The van der Waals surface area contributed by atoms with Gasteiger partial charge in [-0.3, -0.25) is 4.79 Å². The quantitative estimate of drug-likeness (QED) is 0.414. The third kappa shape index (κ3) is 3.02. The van der Waals surface area contributed by atoms with E-state index in [1.54, 1.807) is 25.4 Å². The lowest BCUT2D eigenvalue weighted by atomic mass is 10.5. The summed E-state index contributed by atoms with van der Waals surface area (Å²) in [5, 5.41) is 0.313. The van der Waals surface area contributed by atoms with Crippen molar-refractivity contribution in [3.8, 4) is 0 Å². The van der Waals surface area contributed by atoms with Crippen LogP contribution in [0.4, 0.5) is 0 Å². The molecule has 0 amide bonds. The molecule has 0 spiro atoms. The summed E-state index contributed by atoms with van der Waals surface area (Å²) in [6, 6.07) is 1.73. The second-order valence-electron chi connectivity index (χ2n) is 2.31. The highest BCUT2D eigenvalue weighted by molar-refractivity contribution is 8.00. The molecular formula is C8H10N2O2S. The maximum Gasteiger partial charge on any atom is 0.318 e. The lowest BCUT2D eigenvalue weighted by Crippen LogP contribution is -2.14. The van der Waals surface area contributed by atoms with Gasteiger partial charge in [0.15, 0.2) is 5.16 Å². The van der Waals surface area contributed by atoms with Crippen molar-refractivity contribution < 1.29 is 9.53 Å². The Labute approximate surface area is 80.7 Å². The topological polar surface area (TPSA) is 52.1 Å². The Kier molecular flexibility index (Phi) is 3.70. The van der Waals surface area contributed by atoms with E-state index >= 15 is 0 Å². The molecule has 0 bridgehead atoms. The van der Waals surface area contributed by atoms with Crippen molar-refractivity contribution in [1.29, 1.82) is 0 Å². The molecule has 1 rings (SSSR count). The average Bonchev–Trinajstić information content (AvgIpc) is 2.18. The van der Waals surface area contributed by atoms with Crippen molar-refractivity contribution in [3.63, 3.8) is 0 Å². The average molecular weight is 198 g/mol. The van der Waals surface area contributed by atoms with E-state index in [2.05, 4.69) is 14.7 Å². The first-order valence-electron chi connectivity index (χ1n) is 3.75. The fourth-order valence-electron chi connectivity index (χ4n) is 0.718. The van der Waals surface area contributed by atoms with E-state index in [1.165, 1.54) is 18.9 Å². The van der Waals surface area contributed by atoms with E-state index in [4.69, 9.17) is 0 Å². The van der Waals surface area contributed by atoms with Crippen LogP contribution >= 0.6 is 11.8 Å². The molecule has 0 N–H and O–H groups in total. The van der Waals surface area contributed by atoms with E-state index in [0.29, 0.717) is 5.16 Å². The predicted octanol–water partition coefficient (Wildman–Crippen LogP) is 1.13. The summed E-state index contributed by atoms with van der Waals surface area (Å²) >= 11 is 1.28. The second kappa shape index (κ2) is 4.81. The van der Waals surface area contributed by atoms with Crippen LogP contribution in [-0.4, -0.2) is 28.3 Å². The number of aromatic nitrogens is 2. The zero-order valence-electron chi connectivity index (χ0n) is 7.43. The van der Waals surface area contributed by atoms with Crippen LogP contribution in [0.15, 0.2) is 23.6 Å². The molecule has 0 fully saturated rings. The molecule has 1 unspecified atom stereocenters. The number of thioether (sulfide) groups is 1. The van der Waals surface area contributed by atoms with Gasteiger partial charge in [-0.1, -0.05) is 11.8 Å². The molecule has 1 heterocycles. The number of esters is 1. The van der Waals surface area contributed by atoms with E-state index < -0.39 is 0 Å². The summed E-state index contributed by atoms with van der Waals surface area (Å²) in [6.45, 7) is 1.76. The Hall–Kier alpha value is -1.10. The van der Waals surface area contributed by atoms with Crippen LogP contribution in [0.25, 0.3) is 0 Å². The van der Waals surface area contributed by atoms with Crippen molar-refractivity contribution in [3.05, 3.63) is 18.5 Å². The monoisotopic (exact) mass is 198 g/mol. The van der Waals surface area contributed by atoms with Crippen LogP contribution in [-0.2, 0) is 9.53 Å². The number of hydrogen-bond acceptors (Lipinski definition) is 5. The molecule has 70 valence electrons. The Morgan fingerprint density at radius 2 is 2.15 bits per heavy atom. The van der Waals surface area contributed by atoms with E-state index in [0.717, 1.165) is 0 Å². The summed E-state index contributed by atoms with van der Waals surface area (Å²) in [4.78, 5) is 19.0. The van der Waals surface area contributed by atoms with Gasteiger partial charge in [0.1, 0.15) is 5.25 Å². The number of hydrogen-bond donors (Lipinski definition) is 0. The van der Waals surface area contributed by atoms with Gasteiger partial charge in [-0.15, -0.1) is 0 Å². The molecule has 1 aromatic rings. The molecule has 13 heavy (non-hydrogen) atoms. The number of carbonyl (C=O) groups excluding carboxylic acids is 1. The van der Waals surface area contributed by atoms with Crippen LogP contribution in [0.1, 0.15) is 6.92 Å². The number of carbonyl (C=O) groups is 1. The molecule has 0 aromatic carbocycles. The van der Waals surface area contributed by atoms with Crippen LogP contribution in [0, 0.1) is 0 Å². The molecule has 1 atom stereocenters. The smallest absolute Gasteiger partial charge is 0.318 e. The lowest BCUT2D eigenvalue weighted by molar-refractivity contribution is -0.139. The van der Waals surface area contributed by atoms with E-state index in [1.807, 2.05) is 0 Å². The first-order valence-corrected chi connectivity index (χ1v) is 4.63. The minimum absolute atomic E-state index is 0.266. The zero-order chi connectivity index (χ0) is 9.68. The summed E-state index contributed by atoms with van der Waals surface area (Å²) in [7, 11) is 1.37. The fourth-order valence-corrected chi connectivity index (χ4v) is 1.47. The van der Waals surface area contributed by atoms with Crippen LogP contribution in [0.5, 0.6) is 0 Å². The molecule has 0 saturated carbocycles. The van der Waals surface area contributed by atoms with Crippen molar-refractivity contribution in [2.75, 3.05) is 7.11 Å². The van der Waals surface area contributed by atoms with Gasteiger partial charge in [-0.2, -0.15) is 0 Å². The number of methoxy groups -OCH3 is 1. The molecule has 0 aliphatic rings. The van der Waals surface area contributed by atoms with Gasteiger partial charge in [0.05, 0.1) is 7.11 Å². The fraction of sp³-hybridized carbons (Fsp3) is 0.375. The molecule has 5 heteroatoms. The largest absolute Gasteiger partial charge is 0.468 e. The molecule has 0 aliphatic carbocycles. The zero-order valence-corrected chi connectivity index (χ0v) is 8.25. The van der Waals surface area contributed by atoms with E-state index in [-0.39, 0.29) is 11.2 Å². The number of rotatable bonds is 3. The third-order valence-corrected chi connectivity index (χ3v) is 2.33. The normalized spacial score (nSPS) is 12.2. The lowest BCUT2D eigenvalue weighted by Gasteiger charge is -2.06. The highest BCUT2D eigenvalue weighted by atomic mass is 32.2. The first kappa shape index (κ1) is 9.98. The van der Waals surface area contributed by atoms with Crippen LogP contribution in [0.2, 0.25) is 0 Å². The van der Waals surface area contributed by atoms with Crippen molar-refractivity contribution in [1.82, 2.24) is 9.97 Å². The van der Waals surface area contributed by atoms with Gasteiger partial charge in [-0.25, -0.2) is 9.97 Å². The standard InChI is InChI=1S/C8H10N2O2S/c1-6(7(11)12-2)13-8-9-4-3-5-10-8/h3-6H,1-2H3. The molecule has 1 aromatic heterocycles. The molecule has 0 aliphatic heterocycles.